The van der Waals surface area contributed by atoms with Crippen molar-refractivity contribution in [3.63, 3.8) is 0 Å². The van der Waals surface area contributed by atoms with E-state index < -0.39 is 0 Å². The molecule has 1 amide bonds. The van der Waals surface area contributed by atoms with E-state index in [1.807, 2.05) is 0 Å². The third-order valence-electron chi connectivity index (χ3n) is 2.98. The lowest BCUT2D eigenvalue weighted by Crippen LogP contribution is -2.54. The van der Waals surface area contributed by atoms with Crippen LogP contribution < -0.4 is 16.0 Å². The molecule has 0 saturated carbocycles. The summed E-state index contributed by atoms with van der Waals surface area (Å²) in [5.74, 6) is 0.231. The van der Waals surface area contributed by atoms with Gasteiger partial charge >= 0.3 is 0 Å². The topological polar surface area (TPSA) is 73.4 Å². The van der Waals surface area contributed by atoms with Gasteiger partial charge in [0.15, 0.2) is 0 Å². The first-order chi connectivity index (χ1) is 6.77. The molecule has 80 valence electrons. The Labute approximate surface area is 83.3 Å². The Morgan fingerprint density at radius 1 is 1.50 bits per heavy atom. The van der Waals surface area contributed by atoms with E-state index in [2.05, 4.69) is 16.0 Å². The molecule has 0 bridgehead atoms. The number of aliphatic hydroxyl groups excluding tert-OH is 1. The molecule has 5 nitrogen and oxygen atoms in total. The van der Waals surface area contributed by atoms with Crippen LogP contribution in [0.1, 0.15) is 6.42 Å². The van der Waals surface area contributed by atoms with Gasteiger partial charge in [0.25, 0.3) is 0 Å². The number of hydrogen-bond donors (Lipinski definition) is 4. The summed E-state index contributed by atoms with van der Waals surface area (Å²) in [5.41, 5.74) is 0. The molecule has 4 N–H and O–H groups in total. The summed E-state index contributed by atoms with van der Waals surface area (Å²) in [6.45, 7) is 2.94. The fraction of sp³-hybridized carbons (Fsp3) is 0.889. The van der Waals surface area contributed by atoms with Crippen LogP contribution in [-0.4, -0.2) is 49.3 Å². The largest absolute Gasteiger partial charge is 0.391 e. The number of β-amino-alcohol motifs (C(OH)–C–C–N with tert-alkyl or cyclic N) is 1. The van der Waals surface area contributed by atoms with Crippen molar-refractivity contribution < 1.29 is 9.90 Å². The maximum atomic E-state index is 11.4. The zero-order chi connectivity index (χ0) is 9.97. The van der Waals surface area contributed by atoms with Gasteiger partial charge in [-0.15, -0.1) is 0 Å². The molecule has 2 saturated heterocycles. The molecule has 14 heavy (non-hydrogen) atoms. The summed E-state index contributed by atoms with van der Waals surface area (Å²) < 4.78 is 0. The van der Waals surface area contributed by atoms with Crippen LogP contribution in [0.25, 0.3) is 0 Å². The number of aliphatic hydroxyl groups is 1. The molecular formula is C9H17N3O2. The lowest BCUT2D eigenvalue weighted by Gasteiger charge is -2.27. The number of nitrogens with one attached hydrogen (secondary N) is 3. The predicted molar refractivity (Wildman–Crippen MR) is 51.8 cm³/mol. The average molecular weight is 199 g/mol. The molecule has 0 aliphatic carbocycles. The van der Waals surface area contributed by atoms with Crippen LogP contribution in [0.15, 0.2) is 0 Å². The van der Waals surface area contributed by atoms with Crippen LogP contribution >= 0.6 is 0 Å². The fourth-order valence-electron chi connectivity index (χ4n) is 1.79. The fourth-order valence-corrected chi connectivity index (χ4v) is 1.79. The molecule has 3 atom stereocenters. The monoisotopic (exact) mass is 199 g/mol. The maximum absolute atomic E-state index is 11.4. The van der Waals surface area contributed by atoms with Crippen molar-refractivity contribution in [3.05, 3.63) is 0 Å². The number of amides is 1. The van der Waals surface area contributed by atoms with E-state index in [1.54, 1.807) is 0 Å². The normalized spacial score (nSPS) is 36.5. The summed E-state index contributed by atoms with van der Waals surface area (Å²) in [4.78, 5) is 11.4. The number of carbonyl (C=O) groups excluding carboxylic acids is 1. The minimum atomic E-state index is -0.315. The molecule has 0 spiro atoms. The van der Waals surface area contributed by atoms with Crippen molar-refractivity contribution in [1.82, 2.24) is 16.0 Å². The zero-order valence-electron chi connectivity index (χ0n) is 8.12. The molecule has 0 aromatic heterocycles. The first-order valence-electron chi connectivity index (χ1n) is 5.17. The van der Waals surface area contributed by atoms with Gasteiger partial charge in [-0.05, 0) is 13.0 Å². The Morgan fingerprint density at radius 2 is 2.29 bits per heavy atom. The quantitative estimate of drug-likeness (QED) is 0.426. The summed E-state index contributed by atoms with van der Waals surface area (Å²) in [6.07, 6.45) is 0.613. The molecule has 0 aromatic rings. The van der Waals surface area contributed by atoms with E-state index in [0.717, 1.165) is 19.5 Å². The molecule has 2 rings (SSSR count). The summed E-state index contributed by atoms with van der Waals surface area (Å²) in [5, 5.41) is 18.5. The third-order valence-corrected chi connectivity index (χ3v) is 2.98. The highest BCUT2D eigenvalue weighted by atomic mass is 16.3. The van der Waals surface area contributed by atoms with Crippen LogP contribution in [0.2, 0.25) is 0 Å². The van der Waals surface area contributed by atoms with Crippen molar-refractivity contribution in [3.8, 4) is 0 Å². The molecule has 5 heteroatoms. The summed E-state index contributed by atoms with van der Waals surface area (Å²) in [6, 6.07) is 0.00139. The first-order valence-corrected chi connectivity index (χ1v) is 5.17. The van der Waals surface area contributed by atoms with Crippen molar-refractivity contribution in [2.24, 2.45) is 5.92 Å². The summed E-state index contributed by atoms with van der Waals surface area (Å²) in [7, 11) is 0. The second-order valence-electron chi connectivity index (χ2n) is 4.03. The van der Waals surface area contributed by atoms with Crippen molar-refractivity contribution in [2.75, 3.05) is 26.2 Å². The van der Waals surface area contributed by atoms with Crippen molar-refractivity contribution >= 4 is 5.91 Å². The van der Waals surface area contributed by atoms with Crippen molar-refractivity contribution in [1.29, 1.82) is 0 Å². The SMILES string of the molecule is O=C(NCC1CNCC1O)[C@H]1CCN1. The highest BCUT2D eigenvalue weighted by Gasteiger charge is 2.28. The van der Waals surface area contributed by atoms with Gasteiger partial charge in [0.05, 0.1) is 12.1 Å². The van der Waals surface area contributed by atoms with E-state index in [9.17, 15) is 9.90 Å². The van der Waals surface area contributed by atoms with Gasteiger partial charge in [0.2, 0.25) is 5.91 Å². The molecule has 2 heterocycles. The molecule has 0 aromatic carbocycles. The van der Waals surface area contributed by atoms with Gasteiger partial charge in [0.1, 0.15) is 0 Å². The van der Waals surface area contributed by atoms with Gasteiger partial charge in [0, 0.05) is 25.6 Å². The Morgan fingerprint density at radius 3 is 2.79 bits per heavy atom. The van der Waals surface area contributed by atoms with Crippen LogP contribution in [0.3, 0.4) is 0 Å². The lowest BCUT2D eigenvalue weighted by molar-refractivity contribution is -0.125. The van der Waals surface area contributed by atoms with Crippen molar-refractivity contribution in [2.45, 2.75) is 18.6 Å². The maximum Gasteiger partial charge on any atom is 0.237 e. The molecule has 2 fully saturated rings. The summed E-state index contributed by atoms with van der Waals surface area (Å²) >= 11 is 0. The number of rotatable bonds is 3. The van der Waals surface area contributed by atoms with Gasteiger partial charge in [-0.2, -0.15) is 0 Å². The smallest absolute Gasteiger partial charge is 0.237 e. The Kier molecular flexibility index (Phi) is 3.00. The second-order valence-corrected chi connectivity index (χ2v) is 4.03. The molecule has 0 radical (unpaired) electrons. The molecule has 2 aliphatic heterocycles. The van der Waals surface area contributed by atoms with E-state index in [4.69, 9.17) is 0 Å². The van der Waals surface area contributed by atoms with Crippen LogP contribution in [-0.2, 0) is 4.79 Å². The first kappa shape index (κ1) is 9.89. The standard InChI is InChI=1S/C9H17N3O2/c13-8-5-10-3-6(8)4-12-9(14)7-1-2-11-7/h6-8,10-11,13H,1-5H2,(H,12,14)/t6?,7-,8?/m1/s1. The minimum absolute atomic E-state index is 0.00139. The van der Waals surface area contributed by atoms with Crippen LogP contribution in [0, 0.1) is 5.92 Å². The lowest BCUT2D eigenvalue weighted by atomic mass is 10.0. The highest BCUT2D eigenvalue weighted by molar-refractivity contribution is 5.82. The van der Waals surface area contributed by atoms with E-state index in [0.29, 0.717) is 13.1 Å². The number of hydrogen-bond acceptors (Lipinski definition) is 4. The average Bonchev–Trinajstić information content (AvgIpc) is 2.44. The van der Waals surface area contributed by atoms with Gasteiger partial charge in [-0.1, -0.05) is 0 Å². The highest BCUT2D eigenvalue weighted by Crippen LogP contribution is 2.08. The second kappa shape index (κ2) is 4.25. The Bertz CT molecular complexity index is 218. The third kappa shape index (κ3) is 2.05. The molecule has 2 unspecified atom stereocenters. The van der Waals surface area contributed by atoms with E-state index in [1.165, 1.54) is 0 Å². The van der Waals surface area contributed by atoms with Gasteiger partial charge in [-0.25, -0.2) is 0 Å². The predicted octanol–water partition coefficient (Wildman–Crippen LogP) is -1.96. The minimum Gasteiger partial charge on any atom is -0.391 e. The molecular weight excluding hydrogens is 182 g/mol. The Hall–Kier alpha value is -0.650. The Balaban J connectivity index is 1.68. The molecule has 2 aliphatic rings. The van der Waals surface area contributed by atoms with Crippen LogP contribution in [0.5, 0.6) is 0 Å². The van der Waals surface area contributed by atoms with E-state index >= 15 is 0 Å². The zero-order valence-corrected chi connectivity index (χ0v) is 8.12. The van der Waals surface area contributed by atoms with Crippen LogP contribution in [0.4, 0.5) is 0 Å². The van der Waals surface area contributed by atoms with Gasteiger partial charge in [-0.3, -0.25) is 4.79 Å². The van der Waals surface area contributed by atoms with E-state index in [-0.39, 0.29) is 24.0 Å². The number of carbonyl (C=O) groups is 1. The van der Waals surface area contributed by atoms with Gasteiger partial charge < -0.3 is 21.1 Å².